The Kier molecular flexibility index (Phi) is 4.48. The van der Waals surface area contributed by atoms with Gasteiger partial charge in [0.05, 0.1) is 4.70 Å². The Morgan fingerprint density at radius 3 is 2.62 bits per heavy atom. The van der Waals surface area contributed by atoms with Crippen LogP contribution in [-0.4, -0.2) is 16.2 Å². The molecule has 3 aromatic rings. The number of nitrogens with one attached hydrogen (secondary N) is 1. The summed E-state index contributed by atoms with van der Waals surface area (Å²) in [5.74, 6) is 1.70. The van der Waals surface area contributed by atoms with Gasteiger partial charge >= 0.3 is 0 Å². The van der Waals surface area contributed by atoms with Crippen LogP contribution in [0.2, 0.25) is 0 Å². The summed E-state index contributed by atoms with van der Waals surface area (Å²) in [7, 11) is 0. The molecule has 1 atom stereocenters. The summed E-state index contributed by atoms with van der Waals surface area (Å²) in [5, 5.41) is 16.1. The number of fused-ring (bicyclic) bond motifs is 1. The van der Waals surface area contributed by atoms with E-state index in [1.807, 2.05) is 18.2 Å². The van der Waals surface area contributed by atoms with Gasteiger partial charge in [-0.05, 0) is 37.1 Å². The Morgan fingerprint density at radius 1 is 1.04 bits per heavy atom. The number of rotatable bonds is 4. The minimum absolute atomic E-state index is 0.451. The fraction of sp³-hybridized carbons (Fsp3) is 0.400. The van der Waals surface area contributed by atoms with Gasteiger partial charge in [0, 0.05) is 17.0 Å². The van der Waals surface area contributed by atoms with Crippen molar-refractivity contribution in [2.75, 3.05) is 5.32 Å². The first-order chi connectivity index (χ1) is 11.8. The molecule has 3 nitrogen and oxygen atoms in total. The van der Waals surface area contributed by atoms with Crippen LogP contribution in [0.5, 0.6) is 0 Å². The predicted molar refractivity (Wildman–Crippen MR) is 103 cm³/mol. The van der Waals surface area contributed by atoms with Gasteiger partial charge in [0.15, 0.2) is 5.82 Å². The van der Waals surface area contributed by atoms with Crippen LogP contribution in [0, 0.1) is 5.92 Å². The van der Waals surface area contributed by atoms with E-state index >= 15 is 0 Å². The fourth-order valence-corrected chi connectivity index (χ4v) is 4.59. The van der Waals surface area contributed by atoms with Crippen LogP contribution in [0.3, 0.4) is 0 Å². The van der Waals surface area contributed by atoms with Gasteiger partial charge < -0.3 is 5.32 Å². The minimum atomic E-state index is 0.451. The van der Waals surface area contributed by atoms with E-state index in [4.69, 9.17) is 0 Å². The van der Waals surface area contributed by atoms with Crippen molar-refractivity contribution < 1.29 is 0 Å². The van der Waals surface area contributed by atoms with E-state index in [1.165, 1.54) is 42.2 Å². The molecular weight excluding hydrogens is 314 g/mol. The first-order valence-electron chi connectivity index (χ1n) is 8.89. The Bertz CT molecular complexity index is 806. The van der Waals surface area contributed by atoms with Crippen LogP contribution in [0.1, 0.15) is 39.0 Å². The van der Waals surface area contributed by atoms with Crippen LogP contribution in [0.4, 0.5) is 5.82 Å². The lowest BCUT2D eigenvalue weighted by atomic mass is 9.84. The maximum Gasteiger partial charge on any atom is 0.166 e. The monoisotopic (exact) mass is 337 g/mol. The molecule has 0 radical (unpaired) electrons. The zero-order chi connectivity index (χ0) is 16.4. The highest BCUT2D eigenvalue weighted by atomic mass is 32.1. The molecule has 1 aliphatic rings. The van der Waals surface area contributed by atoms with E-state index in [0.717, 1.165) is 23.0 Å². The number of nitrogens with zero attached hydrogens (tertiary/aromatic N) is 2. The summed E-state index contributed by atoms with van der Waals surface area (Å²) in [4.78, 5) is 0. The smallest absolute Gasteiger partial charge is 0.166 e. The third-order valence-electron chi connectivity index (χ3n) is 5.15. The molecule has 4 rings (SSSR count). The molecule has 0 bridgehead atoms. The second-order valence-corrected chi connectivity index (χ2v) is 7.67. The van der Waals surface area contributed by atoms with Crippen molar-refractivity contribution in [2.24, 2.45) is 5.92 Å². The molecule has 0 saturated heterocycles. The number of aromatic nitrogens is 2. The van der Waals surface area contributed by atoms with Crippen molar-refractivity contribution >= 4 is 27.2 Å². The van der Waals surface area contributed by atoms with Gasteiger partial charge in [0.25, 0.3) is 0 Å². The molecule has 2 aromatic heterocycles. The SMILES string of the molecule is CC(Nc1nnc(-c2ccccc2)c2ccsc12)C1CCCCC1. The normalized spacial score (nSPS) is 17.0. The fourth-order valence-electron chi connectivity index (χ4n) is 3.75. The van der Waals surface area contributed by atoms with Gasteiger partial charge in [-0.2, -0.15) is 0 Å². The average Bonchev–Trinajstić information content (AvgIpc) is 3.13. The van der Waals surface area contributed by atoms with Crippen LogP contribution >= 0.6 is 11.3 Å². The lowest BCUT2D eigenvalue weighted by Crippen LogP contribution is -2.28. The first kappa shape index (κ1) is 15.6. The molecule has 1 fully saturated rings. The van der Waals surface area contributed by atoms with Crippen molar-refractivity contribution in [1.29, 1.82) is 0 Å². The molecular formula is C20H23N3S. The van der Waals surface area contributed by atoms with Gasteiger partial charge in [-0.3, -0.25) is 0 Å². The van der Waals surface area contributed by atoms with E-state index < -0.39 is 0 Å². The Labute approximate surface area is 147 Å². The minimum Gasteiger partial charge on any atom is -0.365 e. The first-order valence-corrected chi connectivity index (χ1v) is 9.77. The zero-order valence-corrected chi connectivity index (χ0v) is 14.9. The third kappa shape index (κ3) is 3.03. The van der Waals surface area contributed by atoms with Crippen molar-refractivity contribution in [3.05, 3.63) is 41.8 Å². The number of hydrogen-bond donors (Lipinski definition) is 1. The summed E-state index contributed by atoms with van der Waals surface area (Å²) >= 11 is 1.75. The van der Waals surface area contributed by atoms with Gasteiger partial charge in [0.1, 0.15) is 5.69 Å². The lowest BCUT2D eigenvalue weighted by Gasteiger charge is -2.28. The molecule has 0 aliphatic heterocycles. The maximum atomic E-state index is 4.54. The van der Waals surface area contributed by atoms with Crippen molar-refractivity contribution in [3.8, 4) is 11.3 Å². The Balaban J connectivity index is 1.64. The molecule has 1 N–H and O–H groups in total. The van der Waals surface area contributed by atoms with Gasteiger partial charge in [-0.15, -0.1) is 21.5 Å². The van der Waals surface area contributed by atoms with Crippen molar-refractivity contribution in [1.82, 2.24) is 10.2 Å². The highest BCUT2D eigenvalue weighted by Gasteiger charge is 2.21. The molecule has 24 heavy (non-hydrogen) atoms. The maximum absolute atomic E-state index is 4.54. The molecule has 1 unspecified atom stereocenters. The van der Waals surface area contributed by atoms with E-state index in [-0.39, 0.29) is 0 Å². The van der Waals surface area contributed by atoms with Gasteiger partial charge in [-0.25, -0.2) is 0 Å². The van der Waals surface area contributed by atoms with Gasteiger partial charge in [-0.1, -0.05) is 49.6 Å². The Morgan fingerprint density at radius 2 is 1.83 bits per heavy atom. The summed E-state index contributed by atoms with van der Waals surface area (Å²) in [6, 6.07) is 12.9. The molecule has 4 heteroatoms. The average molecular weight is 337 g/mol. The summed E-state index contributed by atoms with van der Waals surface area (Å²) in [5.41, 5.74) is 2.10. The van der Waals surface area contributed by atoms with E-state index in [0.29, 0.717) is 6.04 Å². The molecule has 1 aliphatic carbocycles. The van der Waals surface area contributed by atoms with Gasteiger partial charge in [0.2, 0.25) is 0 Å². The highest BCUT2D eigenvalue weighted by molar-refractivity contribution is 7.17. The lowest BCUT2D eigenvalue weighted by molar-refractivity contribution is 0.328. The predicted octanol–water partition coefficient (Wildman–Crippen LogP) is 5.74. The molecule has 2 heterocycles. The summed E-state index contributed by atoms with van der Waals surface area (Å²) in [6.45, 7) is 2.29. The number of anilines is 1. The quantitative estimate of drug-likeness (QED) is 0.660. The number of thiophene rings is 1. The van der Waals surface area contributed by atoms with Crippen molar-refractivity contribution in [3.63, 3.8) is 0 Å². The summed E-state index contributed by atoms with van der Waals surface area (Å²) < 4.78 is 1.21. The molecule has 1 aromatic carbocycles. The molecule has 1 saturated carbocycles. The molecule has 0 amide bonds. The zero-order valence-electron chi connectivity index (χ0n) is 14.0. The second kappa shape index (κ2) is 6.89. The van der Waals surface area contributed by atoms with Crippen LogP contribution in [0.15, 0.2) is 41.8 Å². The van der Waals surface area contributed by atoms with Crippen LogP contribution < -0.4 is 5.32 Å². The topological polar surface area (TPSA) is 37.8 Å². The van der Waals surface area contributed by atoms with Crippen molar-refractivity contribution in [2.45, 2.75) is 45.1 Å². The van der Waals surface area contributed by atoms with E-state index in [2.05, 4.69) is 46.0 Å². The largest absolute Gasteiger partial charge is 0.365 e. The van der Waals surface area contributed by atoms with E-state index in [9.17, 15) is 0 Å². The number of benzene rings is 1. The van der Waals surface area contributed by atoms with E-state index in [1.54, 1.807) is 11.3 Å². The van der Waals surface area contributed by atoms with Crippen LogP contribution in [0.25, 0.3) is 21.3 Å². The van der Waals surface area contributed by atoms with Crippen LogP contribution in [-0.2, 0) is 0 Å². The summed E-state index contributed by atoms with van der Waals surface area (Å²) in [6.07, 6.45) is 6.78. The highest BCUT2D eigenvalue weighted by Crippen LogP contribution is 2.35. The molecule has 0 spiro atoms. The third-order valence-corrected chi connectivity index (χ3v) is 6.08. The molecule has 124 valence electrons. The number of hydrogen-bond acceptors (Lipinski definition) is 4. The standard InChI is InChI=1S/C20H23N3S/c1-14(15-8-4-2-5-9-15)21-20-19-17(12-13-24-19)18(22-23-20)16-10-6-3-7-11-16/h3,6-7,10-15H,2,4-5,8-9H2,1H3,(H,21,23). The second-order valence-electron chi connectivity index (χ2n) is 6.76. The Hall–Kier alpha value is -1.94.